The number of amidine groups is 2. The minimum absolute atomic E-state index is 0.204. The average Bonchev–Trinajstić information content (AvgIpc) is 3.16. The van der Waals surface area contributed by atoms with Crippen LogP contribution in [0.2, 0.25) is 0 Å². The maximum atomic E-state index is 12.1. The zero-order valence-electron chi connectivity index (χ0n) is 21.7. The zero-order chi connectivity index (χ0) is 25.4. The normalized spacial score (nSPS) is 18.4. The van der Waals surface area contributed by atoms with Crippen LogP contribution in [0, 0.1) is 0 Å². The molecule has 2 heterocycles. The number of hydrazone groups is 2. The molecule has 0 aliphatic carbocycles. The molecule has 0 saturated carbocycles. The molecule has 186 valence electrons. The standard InChI is InChI=1S/C23H36N8O2S/c1-15(2)30(16(3)4)22-13-21(29(8)27-22)25-24-19-11-10-18(12-20(19)28-34(9,32)33)31-23(6,7)14-17(5)26-31/h10-12,15-16H,13-14H2,1-9H3/p+1. The van der Waals surface area contributed by atoms with E-state index in [1.165, 1.54) is 0 Å². The highest BCUT2D eigenvalue weighted by Gasteiger charge is 2.34. The number of benzene rings is 1. The lowest BCUT2D eigenvalue weighted by atomic mass is 9.98. The summed E-state index contributed by atoms with van der Waals surface area (Å²) in [6, 6.07) is 6.02. The molecule has 0 fully saturated rings. The highest BCUT2D eigenvalue weighted by atomic mass is 32.2. The van der Waals surface area contributed by atoms with Gasteiger partial charge in [-0.05, 0) is 71.8 Å². The van der Waals surface area contributed by atoms with E-state index in [1.807, 2.05) is 25.0 Å². The molecule has 0 bridgehead atoms. The van der Waals surface area contributed by atoms with Crippen molar-refractivity contribution < 1.29 is 13.1 Å². The Morgan fingerprint density at radius 3 is 2.35 bits per heavy atom. The Labute approximate surface area is 203 Å². The fraction of sp³-hybridized carbons (Fsp3) is 0.609. The number of azo groups is 1. The minimum atomic E-state index is -3.52. The van der Waals surface area contributed by atoms with Crippen LogP contribution in [-0.4, -0.2) is 66.3 Å². The summed E-state index contributed by atoms with van der Waals surface area (Å²) in [7, 11) is -1.68. The maximum Gasteiger partial charge on any atom is 0.354 e. The Morgan fingerprint density at radius 2 is 1.82 bits per heavy atom. The number of anilines is 2. The highest BCUT2D eigenvalue weighted by Crippen LogP contribution is 2.37. The van der Waals surface area contributed by atoms with Crippen molar-refractivity contribution in [2.24, 2.45) is 20.4 Å². The molecular weight excluding hydrogens is 452 g/mol. The fourth-order valence-corrected chi connectivity index (χ4v) is 5.11. The van der Waals surface area contributed by atoms with Crippen molar-refractivity contribution in [2.75, 3.05) is 23.0 Å². The number of hydrogen-bond acceptors (Lipinski definition) is 8. The SMILES string of the molecule is CC1=NN(c2ccc(N=NC3=[N+](C)N=C(N(C(C)C)C(C)C)C3)c(NS(C)(=O)=O)c2)C(C)(C)C1. The summed E-state index contributed by atoms with van der Waals surface area (Å²) >= 11 is 0. The summed E-state index contributed by atoms with van der Waals surface area (Å²) in [5.41, 5.74) is 2.38. The summed E-state index contributed by atoms with van der Waals surface area (Å²) < 4.78 is 28.4. The first kappa shape index (κ1) is 25.8. The lowest BCUT2D eigenvalue weighted by molar-refractivity contribution is -0.500. The summed E-state index contributed by atoms with van der Waals surface area (Å²) in [5, 5.41) is 20.0. The van der Waals surface area contributed by atoms with Crippen LogP contribution in [-0.2, 0) is 10.0 Å². The molecule has 0 amide bonds. The number of hydrogen-bond donors (Lipinski definition) is 1. The molecule has 1 aromatic carbocycles. The lowest BCUT2D eigenvalue weighted by Crippen LogP contribution is -2.41. The second-order valence-corrected chi connectivity index (χ2v) is 11.9. The van der Waals surface area contributed by atoms with E-state index in [0.717, 1.165) is 29.9 Å². The van der Waals surface area contributed by atoms with Crippen molar-refractivity contribution in [2.45, 2.75) is 78.9 Å². The second kappa shape index (κ2) is 9.44. The van der Waals surface area contributed by atoms with Crippen LogP contribution in [0.3, 0.4) is 0 Å². The molecule has 2 aliphatic rings. The molecule has 0 aromatic heterocycles. The molecule has 0 unspecified atom stereocenters. The second-order valence-electron chi connectivity index (χ2n) is 10.1. The lowest BCUT2D eigenvalue weighted by Gasteiger charge is -2.31. The van der Waals surface area contributed by atoms with Crippen molar-refractivity contribution >= 4 is 44.5 Å². The topological polar surface area (TPSA) is 105 Å². The number of nitrogens with one attached hydrogen (secondary N) is 1. The van der Waals surface area contributed by atoms with Gasteiger partial charge in [0.15, 0.2) is 5.84 Å². The van der Waals surface area contributed by atoms with E-state index >= 15 is 0 Å². The summed E-state index contributed by atoms with van der Waals surface area (Å²) in [6.45, 7) is 14.8. The van der Waals surface area contributed by atoms with Gasteiger partial charge in [0.2, 0.25) is 10.0 Å². The van der Waals surface area contributed by atoms with E-state index in [2.05, 4.69) is 71.6 Å². The van der Waals surface area contributed by atoms with Crippen molar-refractivity contribution in [1.29, 1.82) is 0 Å². The molecule has 0 spiro atoms. The van der Waals surface area contributed by atoms with Crippen LogP contribution < -0.4 is 9.73 Å². The number of rotatable bonds is 6. The van der Waals surface area contributed by atoms with Crippen molar-refractivity contribution in [3.8, 4) is 0 Å². The third kappa shape index (κ3) is 5.81. The summed E-state index contributed by atoms with van der Waals surface area (Å²) in [6.07, 6.45) is 2.51. The van der Waals surface area contributed by atoms with Crippen LogP contribution in [0.5, 0.6) is 0 Å². The molecule has 0 saturated heterocycles. The predicted octanol–water partition coefficient (Wildman–Crippen LogP) is 4.38. The first-order valence-electron chi connectivity index (χ1n) is 11.5. The van der Waals surface area contributed by atoms with Gasteiger partial charge >= 0.3 is 5.84 Å². The fourth-order valence-electron chi connectivity index (χ4n) is 4.54. The van der Waals surface area contributed by atoms with E-state index < -0.39 is 10.0 Å². The van der Waals surface area contributed by atoms with Crippen LogP contribution in [0.25, 0.3) is 0 Å². The van der Waals surface area contributed by atoms with Gasteiger partial charge in [-0.1, -0.05) is 5.10 Å². The van der Waals surface area contributed by atoms with Gasteiger partial charge in [-0.2, -0.15) is 5.10 Å². The Balaban J connectivity index is 1.90. The van der Waals surface area contributed by atoms with Crippen molar-refractivity contribution in [3.63, 3.8) is 0 Å². The Bertz CT molecular complexity index is 1170. The molecule has 3 rings (SSSR count). The van der Waals surface area contributed by atoms with Crippen LogP contribution in [0.15, 0.2) is 38.6 Å². The third-order valence-electron chi connectivity index (χ3n) is 5.69. The quantitative estimate of drug-likeness (QED) is 0.473. The summed E-state index contributed by atoms with van der Waals surface area (Å²) in [5.74, 6) is 1.63. The Morgan fingerprint density at radius 1 is 1.18 bits per heavy atom. The smallest absolute Gasteiger partial charge is 0.352 e. The molecule has 0 atom stereocenters. The van der Waals surface area contributed by atoms with Gasteiger partial charge in [0, 0.05) is 24.2 Å². The highest BCUT2D eigenvalue weighted by molar-refractivity contribution is 7.92. The van der Waals surface area contributed by atoms with Gasteiger partial charge < -0.3 is 4.90 Å². The van der Waals surface area contributed by atoms with Gasteiger partial charge in [-0.25, -0.2) is 8.42 Å². The molecule has 2 aliphatic heterocycles. The zero-order valence-corrected chi connectivity index (χ0v) is 22.5. The first-order valence-corrected chi connectivity index (χ1v) is 13.4. The van der Waals surface area contributed by atoms with Crippen LogP contribution in [0.4, 0.5) is 17.1 Å². The molecular formula is C23H37N8O2S+. The first-order chi connectivity index (χ1) is 15.7. The molecule has 11 heteroatoms. The van der Waals surface area contributed by atoms with Gasteiger partial charge in [-0.3, -0.25) is 9.73 Å². The molecule has 0 radical (unpaired) electrons. The molecule has 10 nitrogen and oxygen atoms in total. The minimum Gasteiger partial charge on any atom is -0.352 e. The number of nitrogens with zero attached hydrogens (tertiary/aromatic N) is 7. The molecule has 34 heavy (non-hydrogen) atoms. The Hall–Kier alpha value is -2.82. The average molecular weight is 490 g/mol. The number of sulfonamides is 1. The van der Waals surface area contributed by atoms with Gasteiger partial charge in [-0.15, -0.1) is 4.68 Å². The van der Waals surface area contributed by atoms with Gasteiger partial charge in [0.25, 0.3) is 0 Å². The molecule has 1 N–H and O–H groups in total. The predicted molar refractivity (Wildman–Crippen MR) is 139 cm³/mol. The van der Waals surface area contributed by atoms with E-state index in [9.17, 15) is 8.42 Å². The van der Waals surface area contributed by atoms with E-state index in [0.29, 0.717) is 35.7 Å². The third-order valence-corrected chi connectivity index (χ3v) is 6.28. The monoisotopic (exact) mass is 489 g/mol. The van der Waals surface area contributed by atoms with E-state index in [4.69, 9.17) is 0 Å². The summed E-state index contributed by atoms with van der Waals surface area (Å²) in [4.78, 5) is 2.25. The maximum absolute atomic E-state index is 12.1. The van der Waals surface area contributed by atoms with Gasteiger partial charge in [0.05, 0.1) is 28.3 Å². The van der Waals surface area contributed by atoms with Crippen molar-refractivity contribution in [1.82, 2.24) is 4.90 Å². The van der Waals surface area contributed by atoms with Crippen LogP contribution >= 0.6 is 0 Å². The molecule has 1 aromatic rings. The van der Waals surface area contributed by atoms with Gasteiger partial charge in [0.1, 0.15) is 19.2 Å². The van der Waals surface area contributed by atoms with E-state index in [1.54, 1.807) is 16.8 Å². The Kier molecular flexibility index (Phi) is 7.16. The van der Waals surface area contributed by atoms with E-state index in [-0.39, 0.29) is 5.54 Å². The largest absolute Gasteiger partial charge is 0.354 e. The van der Waals surface area contributed by atoms with Crippen LogP contribution in [0.1, 0.15) is 61.3 Å². The van der Waals surface area contributed by atoms with Crippen molar-refractivity contribution in [3.05, 3.63) is 18.2 Å².